The molecular formula is C16H24IN3OS. The quantitative estimate of drug-likeness (QED) is 0.399. The lowest BCUT2D eigenvalue weighted by Crippen LogP contribution is -2.40. The van der Waals surface area contributed by atoms with E-state index in [0.717, 1.165) is 37.7 Å². The van der Waals surface area contributed by atoms with Gasteiger partial charge in [0.05, 0.1) is 6.26 Å². The standard InChI is InChI=1S/C16H23N3OS.HI/c1-13(11-15-6-4-10-21-15)12-19-16(17-2)18-8-7-14-5-3-9-20-14;/h3-6,9-10,13H,7-8,11-12H2,1-2H3,(H2,17,18,19);1H. The zero-order valence-electron chi connectivity index (χ0n) is 13.0. The van der Waals surface area contributed by atoms with Gasteiger partial charge < -0.3 is 15.1 Å². The predicted molar refractivity (Wildman–Crippen MR) is 104 cm³/mol. The first-order valence-electron chi connectivity index (χ1n) is 7.27. The Morgan fingerprint density at radius 3 is 2.82 bits per heavy atom. The summed E-state index contributed by atoms with van der Waals surface area (Å²) in [6.07, 6.45) is 3.67. The second kappa shape index (κ2) is 10.7. The summed E-state index contributed by atoms with van der Waals surface area (Å²) in [4.78, 5) is 5.68. The lowest BCUT2D eigenvalue weighted by molar-refractivity contribution is 0.506. The van der Waals surface area contributed by atoms with E-state index < -0.39 is 0 Å². The van der Waals surface area contributed by atoms with Crippen LogP contribution in [0.2, 0.25) is 0 Å². The molecule has 1 unspecified atom stereocenters. The van der Waals surface area contributed by atoms with Crippen molar-refractivity contribution in [1.29, 1.82) is 0 Å². The summed E-state index contributed by atoms with van der Waals surface area (Å²) in [6, 6.07) is 8.20. The van der Waals surface area contributed by atoms with Crippen molar-refractivity contribution in [2.24, 2.45) is 10.9 Å². The van der Waals surface area contributed by atoms with Crippen LogP contribution in [0.1, 0.15) is 17.6 Å². The summed E-state index contributed by atoms with van der Waals surface area (Å²) >= 11 is 1.82. The second-order valence-corrected chi connectivity index (χ2v) is 6.13. The maximum Gasteiger partial charge on any atom is 0.190 e. The Bertz CT molecular complexity index is 526. The van der Waals surface area contributed by atoms with Crippen LogP contribution in [0.25, 0.3) is 0 Å². The normalized spacial score (nSPS) is 12.5. The summed E-state index contributed by atoms with van der Waals surface area (Å²) in [5.41, 5.74) is 0. The van der Waals surface area contributed by atoms with Crippen LogP contribution in [0.5, 0.6) is 0 Å². The molecule has 0 amide bonds. The topological polar surface area (TPSA) is 49.6 Å². The van der Waals surface area contributed by atoms with Gasteiger partial charge in [0.2, 0.25) is 0 Å². The Morgan fingerprint density at radius 1 is 1.32 bits per heavy atom. The van der Waals surface area contributed by atoms with Crippen molar-refractivity contribution in [2.75, 3.05) is 20.1 Å². The molecule has 2 aromatic heterocycles. The molecule has 0 bridgehead atoms. The fraction of sp³-hybridized carbons (Fsp3) is 0.438. The van der Waals surface area contributed by atoms with Gasteiger partial charge in [-0.3, -0.25) is 4.99 Å². The van der Waals surface area contributed by atoms with Crippen molar-refractivity contribution in [3.63, 3.8) is 0 Å². The number of halogens is 1. The fourth-order valence-electron chi connectivity index (χ4n) is 2.09. The Morgan fingerprint density at radius 2 is 2.18 bits per heavy atom. The molecule has 2 N–H and O–H groups in total. The van der Waals surface area contributed by atoms with Crippen LogP contribution < -0.4 is 10.6 Å². The zero-order valence-corrected chi connectivity index (χ0v) is 16.2. The van der Waals surface area contributed by atoms with Gasteiger partial charge in [-0.05, 0) is 35.9 Å². The first-order chi connectivity index (χ1) is 10.3. The SMILES string of the molecule is CN=C(NCCc1ccco1)NCC(C)Cc1cccs1.I. The van der Waals surface area contributed by atoms with E-state index in [1.54, 1.807) is 13.3 Å². The highest BCUT2D eigenvalue weighted by molar-refractivity contribution is 14.0. The fourth-order valence-corrected chi connectivity index (χ4v) is 2.96. The van der Waals surface area contributed by atoms with E-state index >= 15 is 0 Å². The third kappa shape index (κ3) is 6.83. The molecule has 0 aromatic carbocycles. The first kappa shape index (κ1) is 19.0. The zero-order chi connectivity index (χ0) is 14.9. The van der Waals surface area contributed by atoms with E-state index in [9.17, 15) is 0 Å². The number of rotatable bonds is 7. The molecule has 0 spiro atoms. The molecule has 22 heavy (non-hydrogen) atoms. The van der Waals surface area contributed by atoms with Crippen LogP contribution in [0, 0.1) is 5.92 Å². The van der Waals surface area contributed by atoms with E-state index in [4.69, 9.17) is 4.42 Å². The van der Waals surface area contributed by atoms with E-state index in [1.165, 1.54) is 4.88 Å². The van der Waals surface area contributed by atoms with Gasteiger partial charge >= 0.3 is 0 Å². The number of nitrogens with one attached hydrogen (secondary N) is 2. The van der Waals surface area contributed by atoms with Gasteiger partial charge in [0.1, 0.15) is 5.76 Å². The van der Waals surface area contributed by atoms with Crippen LogP contribution in [-0.2, 0) is 12.8 Å². The van der Waals surface area contributed by atoms with Crippen molar-refractivity contribution in [1.82, 2.24) is 10.6 Å². The third-order valence-corrected chi connectivity index (χ3v) is 4.11. The second-order valence-electron chi connectivity index (χ2n) is 5.10. The van der Waals surface area contributed by atoms with Crippen molar-refractivity contribution in [2.45, 2.75) is 19.8 Å². The number of guanidine groups is 1. The van der Waals surface area contributed by atoms with Gasteiger partial charge in [-0.25, -0.2) is 0 Å². The molecule has 6 heteroatoms. The highest BCUT2D eigenvalue weighted by atomic mass is 127. The largest absolute Gasteiger partial charge is 0.469 e. The van der Waals surface area contributed by atoms with Crippen LogP contribution in [-0.4, -0.2) is 26.1 Å². The molecule has 2 rings (SSSR count). The third-order valence-electron chi connectivity index (χ3n) is 3.22. The van der Waals surface area contributed by atoms with Crippen molar-refractivity contribution >= 4 is 41.3 Å². The molecule has 122 valence electrons. The van der Waals surface area contributed by atoms with Crippen LogP contribution in [0.3, 0.4) is 0 Å². The number of nitrogens with zero attached hydrogens (tertiary/aromatic N) is 1. The predicted octanol–water partition coefficient (Wildman–Crippen LogP) is 3.55. The minimum atomic E-state index is 0. The van der Waals surface area contributed by atoms with Crippen molar-refractivity contribution in [3.05, 3.63) is 46.5 Å². The van der Waals surface area contributed by atoms with Gasteiger partial charge in [0.25, 0.3) is 0 Å². The summed E-state index contributed by atoms with van der Waals surface area (Å²) in [5, 5.41) is 8.81. The maximum atomic E-state index is 5.31. The number of hydrogen-bond acceptors (Lipinski definition) is 3. The molecule has 4 nitrogen and oxygen atoms in total. The molecule has 0 aliphatic rings. The molecule has 0 aliphatic carbocycles. The Labute approximate surface area is 153 Å². The van der Waals surface area contributed by atoms with Crippen LogP contribution in [0.4, 0.5) is 0 Å². The summed E-state index contributed by atoms with van der Waals surface area (Å²) in [5.74, 6) is 2.41. The molecule has 0 fully saturated rings. The van der Waals surface area contributed by atoms with Gasteiger partial charge in [-0.15, -0.1) is 35.3 Å². The van der Waals surface area contributed by atoms with Gasteiger partial charge in [-0.1, -0.05) is 13.0 Å². The van der Waals surface area contributed by atoms with E-state index in [-0.39, 0.29) is 24.0 Å². The van der Waals surface area contributed by atoms with Crippen LogP contribution in [0.15, 0.2) is 45.3 Å². The van der Waals surface area contributed by atoms with Gasteiger partial charge in [0, 0.05) is 31.4 Å². The van der Waals surface area contributed by atoms with E-state index in [0.29, 0.717) is 5.92 Å². The molecule has 0 saturated carbocycles. The molecule has 2 aromatic rings. The average Bonchev–Trinajstić information content (AvgIpc) is 3.16. The minimum absolute atomic E-state index is 0. The highest BCUT2D eigenvalue weighted by Crippen LogP contribution is 2.13. The Balaban J connectivity index is 0.00000242. The number of thiophene rings is 1. The average molecular weight is 433 g/mol. The molecular weight excluding hydrogens is 409 g/mol. The van der Waals surface area contributed by atoms with Crippen molar-refractivity contribution in [3.8, 4) is 0 Å². The Hall–Kier alpha value is -1.02. The first-order valence-corrected chi connectivity index (χ1v) is 8.15. The summed E-state index contributed by atoms with van der Waals surface area (Å²) in [6.45, 7) is 3.98. The molecule has 0 saturated heterocycles. The lowest BCUT2D eigenvalue weighted by atomic mass is 10.1. The number of hydrogen-bond donors (Lipinski definition) is 2. The van der Waals surface area contributed by atoms with Gasteiger partial charge in [0.15, 0.2) is 5.96 Å². The smallest absolute Gasteiger partial charge is 0.190 e. The molecule has 2 heterocycles. The minimum Gasteiger partial charge on any atom is -0.469 e. The van der Waals surface area contributed by atoms with Crippen LogP contribution >= 0.6 is 35.3 Å². The van der Waals surface area contributed by atoms with E-state index in [1.807, 2.05) is 23.5 Å². The molecule has 0 aliphatic heterocycles. The number of aliphatic imine (C=N–C) groups is 1. The maximum absolute atomic E-state index is 5.31. The summed E-state index contributed by atoms with van der Waals surface area (Å²) < 4.78 is 5.31. The summed E-state index contributed by atoms with van der Waals surface area (Å²) in [7, 11) is 1.80. The molecule has 1 atom stereocenters. The van der Waals surface area contributed by atoms with Gasteiger partial charge in [-0.2, -0.15) is 0 Å². The van der Waals surface area contributed by atoms with Crippen molar-refractivity contribution < 1.29 is 4.42 Å². The monoisotopic (exact) mass is 433 g/mol. The highest BCUT2D eigenvalue weighted by Gasteiger charge is 2.06. The van der Waals surface area contributed by atoms with E-state index in [2.05, 4.69) is 40.1 Å². The molecule has 0 radical (unpaired) electrons. The number of furan rings is 1. The Kier molecular flexibility index (Phi) is 9.22. The lowest BCUT2D eigenvalue weighted by Gasteiger charge is -2.15.